The van der Waals surface area contributed by atoms with Crippen molar-refractivity contribution in [3.8, 4) is 0 Å². The highest BCUT2D eigenvalue weighted by atomic mass is 16.5. The Hall–Kier alpha value is -0.570. The smallest absolute Gasteiger partial charge is 0.310 e. The van der Waals surface area contributed by atoms with E-state index < -0.39 is 0 Å². The predicted molar refractivity (Wildman–Crippen MR) is 51.1 cm³/mol. The van der Waals surface area contributed by atoms with Gasteiger partial charge in [-0.1, -0.05) is 13.3 Å². The van der Waals surface area contributed by atoms with Gasteiger partial charge in [0, 0.05) is 6.04 Å². The van der Waals surface area contributed by atoms with E-state index >= 15 is 0 Å². The molecule has 0 aliphatic heterocycles. The molecule has 0 aromatic rings. The standard InChI is InChI=1S/C10H19NO2/c1-3-7-4-5-9(11)8(6-7)10(12)13-2/h7-9H,3-6,11H2,1-2H3. The molecular weight excluding hydrogens is 166 g/mol. The number of nitrogens with two attached hydrogens (primary N) is 1. The summed E-state index contributed by atoms with van der Waals surface area (Å²) in [7, 11) is 1.44. The zero-order valence-corrected chi connectivity index (χ0v) is 8.45. The average Bonchev–Trinajstić information content (AvgIpc) is 2.17. The van der Waals surface area contributed by atoms with Crippen LogP contribution in [0.15, 0.2) is 0 Å². The molecule has 1 aliphatic carbocycles. The number of rotatable bonds is 2. The van der Waals surface area contributed by atoms with Crippen LogP contribution in [0.5, 0.6) is 0 Å². The number of esters is 1. The third-order valence-electron chi connectivity index (χ3n) is 3.09. The lowest BCUT2D eigenvalue weighted by atomic mass is 9.77. The van der Waals surface area contributed by atoms with Crippen LogP contribution in [0.2, 0.25) is 0 Å². The molecule has 0 bridgehead atoms. The van der Waals surface area contributed by atoms with Crippen LogP contribution in [-0.2, 0) is 9.53 Å². The van der Waals surface area contributed by atoms with Gasteiger partial charge < -0.3 is 10.5 Å². The fourth-order valence-electron chi connectivity index (χ4n) is 2.07. The summed E-state index contributed by atoms with van der Waals surface area (Å²) in [5, 5.41) is 0. The van der Waals surface area contributed by atoms with E-state index in [0.29, 0.717) is 5.92 Å². The Bertz CT molecular complexity index is 182. The van der Waals surface area contributed by atoms with E-state index in [1.807, 2.05) is 0 Å². The van der Waals surface area contributed by atoms with E-state index in [0.717, 1.165) is 25.7 Å². The van der Waals surface area contributed by atoms with Crippen LogP contribution in [0.1, 0.15) is 32.6 Å². The van der Waals surface area contributed by atoms with E-state index in [1.54, 1.807) is 0 Å². The number of carbonyl (C=O) groups excluding carboxylic acids is 1. The van der Waals surface area contributed by atoms with E-state index in [4.69, 9.17) is 10.5 Å². The van der Waals surface area contributed by atoms with Gasteiger partial charge in [-0.2, -0.15) is 0 Å². The maximum Gasteiger partial charge on any atom is 0.310 e. The fourth-order valence-corrected chi connectivity index (χ4v) is 2.07. The second-order valence-electron chi connectivity index (χ2n) is 3.88. The lowest BCUT2D eigenvalue weighted by Gasteiger charge is -2.31. The van der Waals surface area contributed by atoms with Crippen molar-refractivity contribution in [3.05, 3.63) is 0 Å². The topological polar surface area (TPSA) is 52.3 Å². The number of methoxy groups -OCH3 is 1. The Labute approximate surface area is 79.6 Å². The molecule has 0 saturated heterocycles. The largest absolute Gasteiger partial charge is 0.469 e. The maximum absolute atomic E-state index is 11.3. The van der Waals surface area contributed by atoms with Gasteiger partial charge in [-0.3, -0.25) is 4.79 Å². The summed E-state index contributed by atoms with van der Waals surface area (Å²) in [5.41, 5.74) is 5.87. The first-order valence-electron chi connectivity index (χ1n) is 5.02. The monoisotopic (exact) mass is 185 g/mol. The molecule has 0 heterocycles. The summed E-state index contributed by atoms with van der Waals surface area (Å²) in [6, 6.07) is 0.00949. The van der Waals surface area contributed by atoms with Crippen molar-refractivity contribution in [2.75, 3.05) is 7.11 Å². The fraction of sp³-hybridized carbons (Fsp3) is 0.900. The Kier molecular flexibility index (Phi) is 3.72. The summed E-state index contributed by atoms with van der Waals surface area (Å²) in [6.07, 6.45) is 4.16. The molecule has 1 rings (SSSR count). The predicted octanol–water partition coefficient (Wildman–Crippen LogP) is 1.31. The number of carbonyl (C=O) groups is 1. The Morgan fingerprint density at radius 1 is 1.54 bits per heavy atom. The van der Waals surface area contributed by atoms with Crippen LogP contribution >= 0.6 is 0 Å². The van der Waals surface area contributed by atoms with Gasteiger partial charge in [0.05, 0.1) is 13.0 Å². The molecule has 3 nitrogen and oxygen atoms in total. The Morgan fingerprint density at radius 2 is 2.23 bits per heavy atom. The first-order valence-corrected chi connectivity index (χ1v) is 5.02. The summed E-state index contributed by atoms with van der Waals surface area (Å²) < 4.78 is 4.73. The summed E-state index contributed by atoms with van der Waals surface area (Å²) in [4.78, 5) is 11.3. The van der Waals surface area contributed by atoms with Gasteiger partial charge in [0.1, 0.15) is 0 Å². The first-order chi connectivity index (χ1) is 6.19. The third kappa shape index (κ3) is 2.44. The summed E-state index contributed by atoms with van der Waals surface area (Å²) in [5.74, 6) is 0.457. The molecule has 3 unspecified atom stereocenters. The van der Waals surface area contributed by atoms with E-state index in [2.05, 4.69) is 6.92 Å². The summed E-state index contributed by atoms with van der Waals surface area (Å²) >= 11 is 0. The van der Waals surface area contributed by atoms with Crippen LogP contribution in [-0.4, -0.2) is 19.1 Å². The Morgan fingerprint density at radius 3 is 2.77 bits per heavy atom. The van der Waals surface area contributed by atoms with Crippen molar-refractivity contribution < 1.29 is 9.53 Å². The average molecular weight is 185 g/mol. The zero-order chi connectivity index (χ0) is 9.84. The molecule has 2 N–H and O–H groups in total. The number of hydrogen-bond acceptors (Lipinski definition) is 3. The van der Waals surface area contributed by atoms with Gasteiger partial charge in [-0.05, 0) is 25.2 Å². The van der Waals surface area contributed by atoms with Crippen molar-refractivity contribution in [1.29, 1.82) is 0 Å². The summed E-state index contributed by atoms with van der Waals surface area (Å²) in [6.45, 7) is 2.16. The molecule has 0 spiro atoms. The molecule has 0 aromatic carbocycles. The molecule has 13 heavy (non-hydrogen) atoms. The second kappa shape index (κ2) is 4.61. The van der Waals surface area contributed by atoms with Crippen molar-refractivity contribution in [1.82, 2.24) is 0 Å². The first kappa shape index (κ1) is 10.5. The van der Waals surface area contributed by atoms with Crippen LogP contribution in [0.4, 0.5) is 0 Å². The van der Waals surface area contributed by atoms with Gasteiger partial charge >= 0.3 is 5.97 Å². The van der Waals surface area contributed by atoms with Crippen molar-refractivity contribution in [2.45, 2.75) is 38.6 Å². The van der Waals surface area contributed by atoms with Gasteiger partial charge in [0.25, 0.3) is 0 Å². The molecule has 0 amide bonds. The van der Waals surface area contributed by atoms with Gasteiger partial charge in [0.2, 0.25) is 0 Å². The van der Waals surface area contributed by atoms with Crippen molar-refractivity contribution >= 4 is 5.97 Å². The van der Waals surface area contributed by atoms with Gasteiger partial charge in [-0.25, -0.2) is 0 Å². The third-order valence-corrected chi connectivity index (χ3v) is 3.09. The molecule has 1 saturated carbocycles. The zero-order valence-electron chi connectivity index (χ0n) is 8.45. The molecule has 0 radical (unpaired) electrons. The molecule has 76 valence electrons. The van der Waals surface area contributed by atoms with Crippen molar-refractivity contribution in [3.63, 3.8) is 0 Å². The lowest BCUT2D eigenvalue weighted by Crippen LogP contribution is -2.41. The molecule has 1 fully saturated rings. The highest BCUT2D eigenvalue weighted by Gasteiger charge is 2.32. The second-order valence-corrected chi connectivity index (χ2v) is 3.88. The molecule has 3 heteroatoms. The SMILES string of the molecule is CCC1CCC(N)C(C(=O)OC)C1. The minimum absolute atomic E-state index is 0.00949. The highest BCUT2D eigenvalue weighted by Crippen LogP contribution is 2.30. The van der Waals surface area contributed by atoms with Crippen LogP contribution in [0.25, 0.3) is 0 Å². The maximum atomic E-state index is 11.3. The van der Waals surface area contributed by atoms with Gasteiger partial charge in [-0.15, -0.1) is 0 Å². The quantitative estimate of drug-likeness (QED) is 0.660. The lowest BCUT2D eigenvalue weighted by molar-refractivity contribution is -0.147. The molecule has 3 atom stereocenters. The van der Waals surface area contributed by atoms with E-state index in [1.165, 1.54) is 7.11 Å². The van der Waals surface area contributed by atoms with Crippen LogP contribution < -0.4 is 5.73 Å². The van der Waals surface area contributed by atoms with E-state index in [-0.39, 0.29) is 17.9 Å². The minimum atomic E-state index is -0.134. The van der Waals surface area contributed by atoms with Crippen LogP contribution in [0, 0.1) is 11.8 Å². The number of ether oxygens (including phenoxy) is 1. The van der Waals surface area contributed by atoms with Crippen molar-refractivity contribution in [2.24, 2.45) is 17.6 Å². The van der Waals surface area contributed by atoms with E-state index in [9.17, 15) is 4.79 Å². The highest BCUT2D eigenvalue weighted by molar-refractivity contribution is 5.73. The normalized spacial score (nSPS) is 34.2. The minimum Gasteiger partial charge on any atom is -0.469 e. The Balaban J connectivity index is 2.54. The van der Waals surface area contributed by atoms with Gasteiger partial charge in [0.15, 0.2) is 0 Å². The molecular formula is C10H19NO2. The molecule has 0 aromatic heterocycles. The van der Waals surface area contributed by atoms with Crippen LogP contribution in [0.3, 0.4) is 0 Å². The molecule has 1 aliphatic rings. The number of hydrogen-bond donors (Lipinski definition) is 1.